The van der Waals surface area contributed by atoms with Crippen LogP contribution in [0.4, 0.5) is 49.6 Å². The maximum atomic E-state index is 12.7. The number of carboxylic acid groups (broad SMARTS) is 1. The van der Waals surface area contributed by atoms with Gasteiger partial charge in [0.25, 0.3) is 17.7 Å². The molecule has 338 valence electrons. The van der Waals surface area contributed by atoms with E-state index in [-0.39, 0.29) is 34.9 Å². The van der Waals surface area contributed by atoms with Crippen molar-refractivity contribution in [1.82, 2.24) is 0 Å². The predicted octanol–water partition coefficient (Wildman–Crippen LogP) is 11.0. The molecule has 4 N–H and O–H groups in total. The van der Waals surface area contributed by atoms with Crippen molar-refractivity contribution >= 4 is 81.5 Å². The molecule has 0 bridgehead atoms. The average molecular weight is 909 g/mol. The Balaban J connectivity index is 0.000000259. The van der Waals surface area contributed by atoms with Crippen molar-refractivity contribution in [2.75, 3.05) is 32.4 Å². The molecule has 2 heterocycles. The predicted molar refractivity (Wildman–Crippen MR) is 244 cm³/mol. The Morgan fingerprint density at radius 3 is 1.57 bits per heavy atom. The number of carbonyl (C=O) groups excluding carboxylic acids is 4. The lowest BCUT2D eigenvalue weighted by Crippen LogP contribution is -2.48. The third-order valence-electron chi connectivity index (χ3n) is 8.52. The number of benzene rings is 4. The molecule has 4 aromatic carbocycles. The number of nitrogens with one attached hydrogen (secondary N) is 3. The fourth-order valence-corrected chi connectivity index (χ4v) is 5.90. The minimum atomic E-state index is -1.25. The number of rotatable bonds is 12. The first-order valence-electron chi connectivity index (χ1n) is 19.6. The van der Waals surface area contributed by atoms with Crippen molar-refractivity contribution in [2.45, 2.75) is 52.7 Å². The van der Waals surface area contributed by atoms with Gasteiger partial charge in [0.15, 0.2) is 23.3 Å². The number of nitrogens with zero attached hydrogens (tertiary/aromatic N) is 3. The largest absolute Gasteiger partial charge is 0.484 e. The molecule has 0 spiro atoms. The number of para-hydroxylation sites is 1. The molecule has 0 aliphatic carbocycles. The molecule has 0 saturated carbocycles. The van der Waals surface area contributed by atoms with Crippen LogP contribution in [-0.4, -0.2) is 57.7 Å². The van der Waals surface area contributed by atoms with Gasteiger partial charge in [-0.05, 0) is 156 Å². The second-order valence-corrected chi connectivity index (χ2v) is 16.2. The van der Waals surface area contributed by atoms with Crippen LogP contribution < -0.4 is 30.5 Å². The SMILES string of the molecule is CC(C)(C)OC(=O)N(c1ccc(NC(=O)c2ccc(Cl)o2)cc1)C(C)(C)C.O=C(COc1ccccc1)Nc1ccc(N(C(=O)O)c2ccc(NC(=O)c3ccc([N+](=O)[O-])o3)cc2)cc1. The zero-order valence-electron chi connectivity index (χ0n) is 36.0. The third kappa shape index (κ3) is 13.9. The summed E-state index contributed by atoms with van der Waals surface area (Å²) in [5.41, 5.74) is 1.52. The van der Waals surface area contributed by atoms with Gasteiger partial charge in [0.2, 0.25) is 0 Å². The first-order valence-corrected chi connectivity index (χ1v) is 20.0. The summed E-state index contributed by atoms with van der Waals surface area (Å²) >= 11 is 5.69. The molecule has 0 atom stereocenters. The van der Waals surface area contributed by atoms with E-state index in [0.29, 0.717) is 34.2 Å². The Labute approximate surface area is 377 Å². The highest BCUT2D eigenvalue weighted by Crippen LogP contribution is 2.30. The quantitative estimate of drug-likeness (QED) is 0.0663. The lowest BCUT2D eigenvalue weighted by Gasteiger charge is -2.36. The number of furan rings is 2. The van der Waals surface area contributed by atoms with Gasteiger partial charge in [-0.25, -0.2) is 14.5 Å². The topological polar surface area (TPSA) is 236 Å². The Bertz CT molecular complexity index is 2620. The van der Waals surface area contributed by atoms with E-state index in [1.807, 2.05) is 47.6 Å². The van der Waals surface area contributed by atoms with Crippen LogP contribution in [0.5, 0.6) is 5.75 Å². The van der Waals surface area contributed by atoms with Crippen LogP contribution in [0, 0.1) is 10.1 Å². The summed E-state index contributed by atoms with van der Waals surface area (Å²) in [6.45, 7) is 11.1. The highest BCUT2D eigenvalue weighted by molar-refractivity contribution is 6.29. The molecule has 0 aliphatic heterocycles. The molecular weight excluding hydrogens is 864 g/mol. The van der Waals surface area contributed by atoms with E-state index in [1.54, 1.807) is 65.6 Å². The van der Waals surface area contributed by atoms with Gasteiger partial charge in [0.1, 0.15) is 16.3 Å². The van der Waals surface area contributed by atoms with E-state index in [0.717, 1.165) is 11.0 Å². The Hall–Kier alpha value is -8.12. The lowest BCUT2D eigenvalue weighted by atomic mass is 10.1. The summed E-state index contributed by atoms with van der Waals surface area (Å²) in [5.74, 6) is -1.61. The third-order valence-corrected chi connectivity index (χ3v) is 8.72. The minimum absolute atomic E-state index is 0.120. The van der Waals surface area contributed by atoms with Crippen molar-refractivity contribution in [1.29, 1.82) is 0 Å². The summed E-state index contributed by atoms with van der Waals surface area (Å²) in [6, 6.07) is 33.1. The van der Waals surface area contributed by atoms with Crippen molar-refractivity contribution < 1.29 is 52.3 Å². The van der Waals surface area contributed by atoms with Gasteiger partial charge in [-0.15, -0.1) is 0 Å². The Morgan fingerprint density at radius 1 is 0.662 bits per heavy atom. The zero-order valence-corrected chi connectivity index (χ0v) is 36.7. The number of ether oxygens (including phenoxy) is 2. The van der Waals surface area contributed by atoms with Gasteiger partial charge in [-0.1, -0.05) is 18.2 Å². The number of halogens is 1. The van der Waals surface area contributed by atoms with E-state index >= 15 is 0 Å². The molecule has 0 aliphatic rings. The van der Waals surface area contributed by atoms with Gasteiger partial charge >= 0.3 is 18.1 Å². The van der Waals surface area contributed by atoms with Gasteiger partial charge in [-0.3, -0.25) is 29.4 Å². The summed E-state index contributed by atoms with van der Waals surface area (Å²) in [4.78, 5) is 73.7. The van der Waals surface area contributed by atoms with Gasteiger partial charge in [0, 0.05) is 28.3 Å². The first kappa shape index (κ1) is 47.9. The average Bonchev–Trinajstić information content (AvgIpc) is 3.92. The van der Waals surface area contributed by atoms with Crippen LogP contribution >= 0.6 is 11.6 Å². The smallest absolute Gasteiger partial charge is 0.433 e. The normalized spacial score (nSPS) is 10.9. The Morgan fingerprint density at radius 2 is 1.14 bits per heavy atom. The van der Waals surface area contributed by atoms with Crippen LogP contribution in [0.15, 0.2) is 136 Å². The fourth-order valence-electron chi connectivity index (χ4n) is 5.76. The molecule has 2 aromatic heterocycles. The van der Waals surface area contributed by atoms with E-state index in [9.17, 15) is 39.2 Å². The molecule has 5 amide bonds. The van der Waals surface area contributed by atoms with Crippen LogP contribution in [0.1, 0.15) is 62.7 Å². The molecule has 18 nitrogen and oxygen atoms in total. The molecule has 19 heteroatoms. The van der Waals surface area contributed by atoms with E-state index in [1.165, 1.54) is 54.6 Å². The monoisotopic (exact) mass is 908 g/mol. The summed E-state index contributed by atoms with van der Waals surface area (Å²) in [5, 5.41) is 28.6. The maximum Gasteiger partial charge on any atom is 0.433 e. The van der Waals surface area contributed by atoms with Crippen molar-refractivity contribution in [3.05, 3.63) is 154 Å². The highest BCUT2D eigenvalue weighted by atomic mass is 35.5. The molecule has 0 saturated heterocycles. The summed E-state index contributed by atoms with van der Waals surface area (Å²) < 4.78 is 20.9. The van der Waals surface area contributed by atoms with Crippen LogP contribution in [-0.2, 0) is 9.53 Å². The van der Waals surface area contributed by atoms with Crippen LogP contribution in [0.3, 0.4) is 0 Å². The summed E-state index contributed by atoms with van der Waals surface area (Å²) in [7, 11) is 0. The van der Waals surface area contributed by atoms with Gasteiger partial charge < -0.3 is 39.4 Å². The van der Waals surface area contributed by atoms with Crippen molar-refractivity contribution in [2.24, 2.45) is 0 Å². The van der Waals surface area contributed by atoms with Crippen LogP contribution in [0.2, 0.25) is 5.22 Å². The maximum absolute atomic E-state index is 12.7. The van der Waals surface area contributed by atoms with E-state index < -0.39 is 45.9 Å². The minimum Gasteiger partial charge on any atom is -0.484 e. The molecule has 0 radical (unpaired) electrons. The van der Waals surface area contributed by atoms with E-state index in [2.05, 4.69) is 16.0 Å². The fraction of sp³-hybridized carbons (Fsp3) is 0.196. The second-order valence-electron chi connectivity index (χ2n) is 15.8. The standard InChI is InChI=1S/C26H20N4O8.C20H25ClN2O4/c31-23(16-37-21-4-2-1-3-5-21)27-17-6-10-19(11-7-17)29(26(33)34)20-12-8-18(9-13-20)28-25(32)22-14-15-24(38-22)30(35)36;1-19(2,3)23(18(25)27-20(4,5)6)14-9-7-13(8-10-14)22-17(24)15-11-12-16(21)26-15/h1-15H,16H2,(H,27,31)(H,28,32)(H,33,34);7-12H,1-6H3,(H,22,24). The van der Waals surface area contributed by atoms with Gasteiger partial charge in [0.05, 0.1) is 17.4 Å². The van der Waals surface area contributed by atoms with E-state index in [4.69, 9.17) is 29.9 Å². The van der Waals surface area contributed by atoms with Crippen LogP contribution in [0.25, 0.3) is 0 Å². The van der Waals surface area contributed by atoms with Crippen molar-refractivity contribution in [3.8, 4) is 5.75 Å². The number of carbonyl (C=O) groups is 5. The molecule has 0 unspecified atom stereocenters. The summed E-state index contributed by atoms with van der Waals surface area (Å²) in [6.07, 6.45) is -1.69. The zero-order chi connectivity index (χ0) is 47.5. The first-order chi connectivity index (χ1) is 30.7. The molecule has 6 rings (SSSR count). The van der Waals surface area contributed by atoms with Gasteiger partial charge in [-0.2, -0.15) is 0 Å². The highest BCUT2D eigenvalue weighted by Gasteiger charge is 2.32. The number of hydrogen-bond acceptors (Lipinski definition) is 11. The van der Waals surface area contributed by atoms with Crippen molar-refractivity contribution in [3.63, 3.8) is 0 Å². The number of nitro groups is 1. The second kappa shape index (κ2) is 20.8. The number of anilines is 6. The molecular formula is C46H45ClN6O12. The Kier molecular flexibility index (Phi) is 15.4. The molecule has 6 aromatic rings. The number of hydrogen-bond donors (Lipinski definition) is 4. The number of amides is 5. The molecule has 65 heavy (non-hydrogen) atoms. The lowest BCUT2D eigenvalue weighted by molar-refractivity contribution is -0.402. The molecule has 0 fully saturated rings.